The lowest BCUT2D eigenvalue weighted by atomic mass is 9.92. The molecule has 0 spiro atoms. The van der Waals surface area contributed by atoms with Crippen LogP contribution in [0.15, 0.2) is 48.5 Å². The van der Waals surface area contributed by atoms with Crippen LogP contribution in [0.2, 0.25) is 0 Å². The molecular formula is C18H20N2O2. The van der Waals surface area contributed by atoms with Crippen molar-refractivity contribution >= 4 is 5.91 Å². The zero-order valence-corrected chi connectivity index (χ0v) is 12.6. The van der Waals surface area contributed by atoms with Crippen molar-refractivity contribution in [3.8, 4) is 5.75 Å². The minimum absolute atomic E-state index is 0.0866. The number of aromatic hydroxyl groups is 1. The predicted octanol–water partition coefficient (Wildman–Crippen LogP) is 3.05. The van der Waals surface area contributed by atoms with Crippen LogP contribution < -0.4 is 5.43 Å². The van der Waals surface area contributed by atoms with E-state index in [-0.39, 0.29) is 17.7 Å². The van der Waals surface area contributed by atoms with Gasteiger partial charge in [-0.15, -0.1) is 0 Å². The Kier molecular flexibility index (Phi) is 4.11. The van der Waals surface area contributed by atoms with Crippen molar-refractivity contribution in [2.24, 2.45) is 0 Å². The van der Waals surface area contributed by atoms with Crippen molar-refractivity contribution in [3.05, 3.63) is 65.2 Å². The van der Waals surface area contributed by atoms with Crippen molar-refractivity contribution in [1.82, 2.24) is 10.4 Å². The van der Waals surface area contributed by atoms with Gasteiger partial charge in [-0.2, -0.15) is 0 Å². The number of carbonyl (C=O) groups excluding carboxylic acids is 1. The molecule has 0 aromatic heterocycles. The molecule has 1 unspecified atom stereocenters. The number of hydrogen-bond donors (Lipinski definition) is 2. The normalized spacial score (nSPS) is 17.8. The third-order valence-corrected chi connectivity index (χ3v) is 4.15. The lowest BCUT2D eigenvalue weighted by molar-refractivity contribution is 0.0648. The van der Waals surface area contributed by atoms with Crippen LogP contribution in [0, 0.1) is 0 Å². The van der Waals surface area contributed by atoms with Gasteiger partial charge in [0.15, 0.2) is 0 Å². The van der Waals surface area contributed by atoms with Crippen molar-refractivity contribution in [2.75, 3.05) is 6.54 Å². The summed E-state index contributed by atoms with van der Waals surface area (Å²) in [7, 11) is 0. The van der Waals surface area contributed by atoms with E-state index in [0.717, 1.165) is 24.9 Å². The molecule has 0 fully saturated rings. The maximum Gasteiger partial charge on any atom is 0.265 e. The van der Waals surface area contributed by atoms with Gasteiger partial charge < -0.3 is 5.11 Å². The number of benzene rings is 2. The molecular weight excluding hydrogens is 276 g/mol. The highest BCUT2D eigenvalue weighted by Crippen LogP contribution is 2.33. The zero-order valence-electron chi connectivity index (χ0n) is 12.6. The predicted molar refractivity (Wildman–Crippen MR) is 85.5 cm³/mol. The number of nitrogens with zero attached hydrogens (tertiary/aromatic N) is 1. The van der Waals surface area contributed by atoms with Crippen molar-refractivity contribution in [3.63, 3.8) is 0 Å². The second-order valence-electron chi connectivity index (χ2n) is 5.56. The zero-order chi connectivity index (χ0) is 15.5. The van der Waals surface area contributed by atoms with Crippen LogP contribution in [0.25, 0.3) is 0 Å². The molecule has 22 heavy (non-hydrogen) atoms. The van der Waals surface area contributed by atoms with E-state index in [0.29, 0.717) is 5.56 Å². The molecule has 0 saturated carbocycles. The molecule has 0 radical (unpaired) electrons. The van der Waals surface area contributed by atoms with Crippen molar-refractivity contribution in [2.45, 2.75) is 25.8 Å². The molecule has 114 valence electrons. The van der Waals surface area contributed by atoms with Gasteiger partial charge in [0.2, 0.25) is 0 Å². The Labute approximate surface area is 130 Å². The summed E-state index contributed by atoms with van der Waals surface area (Å²) in [6.45, 7) is 2.86. The van der Waals surface area contributed by atoms with E-state index in [9.17, 15) is 9.90 Å². The molecule has 4 nitrogen and oxygen atoms in total. The SMILES string of the molecule is CCC1c2cc(O)ccc2CCN1NC(=O)c1ccccc1. The van der Waals surface area contributed by atoms with Gasteiger partial charge in [0.1, 0.15) is 5.75 Å². The Morgan fingerprint density at radius 2 is 2.05 bits per heavy atom. The van der Waals surface area contributed by atoms with Crippen LogP contribution >= 0.6 is 0 Å². The molecule has 1 aliphatic heterocycles. The standard InChI is InChI=1S/C18H20N2O2/c1-2-17-16-12-15(21)9-8-13(16)10-11-20(17)19-18(22)14-6-4-3-5-7-14/h3-9,12,17,21H,2,10-11H2,1H3,(H,19,22). The summed E-state index contributed by atoms with van der Waals surface area (Å²) in [5.74, 6) is 0.177. The Morgan fingerprint density at radius 3 is 2.77 bits per heavy atom. The molecule has 3 rings (SSSR count). The number of phenolic OH excluding ortho intramolecular Hbond substituents is 1. The van der Waals surface area contributed by atoms with E-state index in [1.54, 1.807) is 18.2 Å². The van der Waals surface area contributed by atoms with Gasteiger partial charge in [-0.1, -0.05) is 31.2 Å². The summed E-state index contributed by atoms with van der Waals surface area (Å²) in [5, 5.41) is 11.7. The Hall–Kier alpha value is -2.33. The van der Waals surface area contributed by atoms with E-state index in [4.69, 9.17) is 0 Å². The number of amides is 1. The third kappa shape index (κ3) is 2.83. The number of fused-ring (bicyclic) bond motifs is 1. The fourth-order valence-electron chi connectivity index (χ4n) is 3.04. The number of carbonyl (C=O) groups is 1. The van der Waals surface area contributed by atoms with Crippen LogP contribution in [0.3, 0.4) is 0 Å². The molecule has 4 heteroatoms. The number of hydrazine groups is 1. The first kappa shape index (κ1) is 14.6. The van der Waals surface area contributed by atoms with Crippen LogP contribution in [0.1, 0.15) is 40.9 Å². The fourth-order valence-corrected chi connectivity index (χ4v) is 3.04. The van der Waals surface area contributed by atoms with Crippen LogP contribution in [-0.4, -0.2) is 22.6 Å². The van der Waals surface area contributed by atoms with Gasteiger partial charge in [0.05, 0.1) is 6.04 Å². The molecule has 2 N–H and O–H groups in total. The first-order valence-electron chi connectivity index (χ1n) is 7.63. The van der Waals surface area contributed by atoms with Crippen molar-refractivity contribution in [1.29, 1.82) is 0 Å². The number of rotatable bonds is 3. The highest BCUT2D eigenvalue weighted by molar-refractivity contribution is 5.93. The second-order valence-corrected chi connectivity index (χ2v) is 5.56. The molecule has 2 aromatic rings. The topological polar surface area (TPSA) is 52.6 Å². The minimum Gasteiger partial charge on any atom is -0.508 e. The van der Waals surface area contributed by atoms with E-state index >= 15 is 0 Å². The van der Waals surface area contributed by atoms with Gasteiger partial charge in [-0.3, -0.25) is 10.2 Å². The number of nitrogens with one attached hydrogen (secondary N) is 1. The molecule has 0 bridgehead atoms. The monoisotopic (exact) mass is 296 g/mol. The first-order valence-corrected chi connectivity index (χ1v) is 7.63. The van der Waals surface area contributed by atoms with Crippen LogP contribution in [-0.2, 0) is 6.42 Å². The summed E-state index contributed by atoms with van der Waals surface area (Å²) in [6.07, 6.45) is 1.73. The fraction of sp³-hybridized carbons (Fsp3) is 0.278. The van der Waals surface area contributed by atoms with Gasteiger partial charge >= 0.3 is 0 Å². The van der Waals surface area contributed by atoms with Gasteiger partial charge in [0, 0.05) is 12.1 Å². The molecule has 0 aliphatic carbocycles. The average molecular weight is 296 g/mol. The second kappa shape index (κ2) is 6.20. The van der Waals surface area contributed by atoms with E-state index in [2.05, 4.69) is 12.3 Å². The first-order chi connectivity index (χ1) is 10.7. The van der Waals surface area contributed by atoms with E-state index in [1.165, 1.54) is 5.56 Å². The third-order valence-electron chi connectivity index (χ3n) is 4.15. The van der Waals surface area contributed by atoms with Gasteiger partial charge in [-0.05, 0) is 48.2 Å². The summed E-state index contributed by atoms with van der Waals surface area (Å²) in [5.41, 5.74) is 6.01. The quantitative estimate of drug-likeness (QED) is 0.915. The number of hydrogen-bond acceptors (Lipinski definition) is 3. The van der Waals surface area contributed by atoms with Crippen LogP contribution in [0.5, 0.6) is 5.75 Å². The molecule has 1 aliphatic rings. The highest BCUT2D eigenvalue weighted by atomic mass is 16.3. The highest BCUT2D eigenvalue weighted by Gasteiger charge is 2.27. The summed E-state index contributed by atoms with van der Waals surface area (Å²) >= 11 is 0. The molecule has 0 saturated heterocycles. The van der Waals surface area contributed by atoms with Crippen LogP contribution in [0.4, 0.5) is 0 Å². The maximum atomic E-state index is 12.4. The summed E-state index contributed by atoms with van der Waals surface area (Å²) < 4.78 is 0. The Morgan fingerprint density at radius 1 is 1.27 bits per heavy atom. The summed E-state index contributed by atoms with van der Waals surface area (Å²) in [4.78, 5) is 12.4. The smallest absolute Gasteiger partial charge is 0.265 e. The van der Waals surface area contributed by atoms with Crippen molar-refractivity contribution < 1.29 is 9.90 Å². The Bertz CT molecular complexity index is 670. The van der Waals surface area contributed by atoms with Gasteiger partial charge in [-0.25, -0.2) is 5.01 Å². The lowest BCUT2D eigenvalue weighted by Gasteiger charge is -2.36. The summed E-state index contributed by atoms with van der Waals surface area (Å²) in [6, 6.07) is 14.8. The lowest BCUT2D eigenvalue weighted by Crippen LogP contribution is -2.47. The molecule has 1 atom stereocenters. The molecule has 1 heterocycles. The molecule has 2 aromatic carbocycles. The van der Waals surface area contributed by atoms with E-state index < -0.39 is 0 Å². The van der Waals surface area contributed by atoms with E-state index in [1.807, 2.05) is 35.3 Å². The number of phenols is 1. The largest absolute Gasteiger partial charge is 0.508 e. The maximum absolute atomic E-state index is 12.4. The average Bonchev–Trinajstić information content (AvgIpc) is 2.55. The Balaban J connectivity index is 1.82. The molecule has 1 amide bonds. The minimum atomic E-state index is -0.0948. The van der Waals surface area contributed by atoms with Gasteiger partial charge in [0.25, 0.3) is 5.91 Å².